The SMILES string of the molecule is CC(=CCCC[Si]([Si](C)(C)C)([Si](C)(C)C)[Si](C)(C)C)C(=O)O. The van der Waals surface area contributed by atoms with E-state index in [1.54, 1.807) is 6.92 Å². The molecule has 0 heterocycles. The van der Waals surface area contributed by atoms with Gasteiger partial charge < -0.3 is 5.11 Å². The zero-order chi connectivity index (χ0) is 18.0. The molecule has 0 aromatic heterocycles. The molecule has 130 valence electrons. The molecule has 0 atom stereocenters. The Morgan fingerprint density at radius 1 is 0.864 bits per heavy atom. The topological polar surface area (TPSA) is 37.3 Å². The summed E-state index contributed by atoms with van der Waals surface area (Å²) in [6.45, 7) is 24.0. The van der Waals surface area contributed by atoms with E-state index in [-0.39, 0.29) is 0 Å². The lowest BCUT2D eigenvalue weighted by molar-refractivity contribution is -0.132. The number of carboxylic acids is 1. The maximum absolute atomic E-state index is 10.9. The molecule has 0 radical (unpaired) electrons. The molecule has 22 heavy (non-hydrogen) atoms. The van der Waals surface area contributed by atoms with Crippen LogP contribution in [0.15, 0.2) is 11.6 Å². The molecule has 0 saturated heterocycles. The van der Waals surface area contributed by atoms with Gasteiger partial charge in [0.2, 0.25) is 0 Å². The molecule has 0 amide bonds. The second-order valence-corrected chi connectivity index (χ2v) is 51.2. The van der Waals surface area contributed by atoms with Crippen LogP contribution in [-0.4, -0.2) is 40.5 Å². The number of rotatable bonds is 8. The fraction of sp³-hybridized carbons (Fsp3) is 0.812. The van der Waals surface area contributed by atoms with Gasteiger partial charge in [-0.15, -0.1) is 0 Å². The van der Waals surface area contributed by atoms with Crippen LogP contribution < -0.4 is 0 Å². The molecular formula is C16H38O2Si4. The average Bonchev–Trinajstić information content (AvgIpc) is 2.22. The number of allylic oxidation sites excluding steroid dienone is 1. The van der Waals surface area contributed by atoms with Crippen LogP contribution in [-0.2, 0) is 4.79 Å². The van der Waals surface area contributed by atoms with Crippen LogP contribution in [0.5, 0.6) is 0 Å². The van der Waals surface area contributed by atoms with Crippen molar-refractivity contribution in [3.05, 3.63) is 11.6 Å². The molecule has 0 aliphatic heterocycles. The summed E-state index contributed by atoms with van der Waals surface area (Å²) in [6, 6.07) is 1.43. The second kappa shape index (κ2) is 7.32. The van der Waals surface area contributed by atoms with Crippen LogP contribution in [0.3, 0.4) is 0 Å². The number of hydrogen-bond donors (Lipinski definition) is 1. The number of carboxylic acid groups (broad SMARTS) is 1. The molecule has 0 aliphatic carbocycles. The molecule has 0 aliphatic rings. The fourth-order valence-electron chi connectivity index (χ4n) is 5.27. The minimum absolute atomic E-state index is 0.501. The first-order valence-corrected chi connectivity index (χ1v) is 24.2. The van der Waals surface area contributed by atoms with Crippen LogP contribution in [0.25, 0.3) is 0 Å². The van der Waals surface area contributed by atoms with E-state index in [1.807, 2.05) is 6.08 Å². The summed E-state index contributed by atoms with van der Waals surface area (Å²) >= 11 is 0. The monoisotopic (exact) mass is 374 g/mol. The first-order chi connectivity index (χ1) is 9.58. The molecule has 0 fully saturated rings. The van der Waals surface area contributed by atoms with E-state index in [0.717, 1.165) is 6.42 Å². The summed E-state index contributed by atoms with van der Waals surface area (Å²) in [5, 5.41) is 8.99. The Balaban J connectivity index is 5.47. The van der Waals surface area contributed by atoms with Gasteiger partial charge in [-0.2, -0.15) is 0 Å². The molecule has 2 nitrogen and oxygen atoms in total. The van der Waals surface area contributed by atoms with E-state index in [9.17, 15) is 4.79 Å². The molecule has 0 bridgehead atoms. The van der Waals surface area contributed by atoms with Crippen molar-refractivity contribution in [3.63, 3.8) is 0 Å². The Labute approximate surface area is 141 Å². The van der Waals surface area contributed by atoms with Crippen LogP contribution >= 0.6 is 0 Å². The Hall–Kier alpha value is 0.0775. The predicted molar refractivity (Wildman–Crippen MR) is 111 cm³/mol. The van der Waals surface area contributed by atoms with Gasteiger partial charge in [-0.05, 0) is 13.3 Å². The van der Waals surface area contributed by atoms with Crippen molar-refractivity contribution >= 4 is 35.4 Å². The van der Waals surface area contributed by atoms with E-state index in [0.29, 0.717) is 5.57 Å². The Morgan fingerprint density at radius 2 is 1.23 bits per heavy atom. The van der Waals surface area contributed by atoms with E-state index >= 15 is 0 Å². The number of carbonyl (C=O) groups is 1. The highest BCUT2D eigenvalue weighted by atomic mass is 29.9. The van der Waals surface area contributed by atoms with Crippen LogP contribution in [0, 0.1) is 0 Å². The first-order valence-electron chi connectivity index (χ1n) is 8.48. The Bertz CT molecular complexity index is 387. The molecule has 0 saturated carbocycles. The van der Waals surface area contributed by atoms with Crippen molar-refractivity contribution in [1.29, 1.82) is 0 Å². The zero-order valence-electron chi connectivity index (χ0n) is 16.6. The number of unbranched alkanes of at least 4 members (excludes halogenated alkanes) is 1. The lowest BCUT2D eigenvalue weighted by Gasteiger charge is -2.58. The number of aliphatic carboxylic acids is 1. The van der Waals surface area contributed by atoms with Crippen molar-refractivity contribution in [2.75, 3.05) is 0 Å². The Morgan fingerprint density at radius 3 is 1.50 bits per heavy atom. The van der Waals surface area contributed by atoms with Gasteiger partial charge in [-0.3, -0.25) is 0 Å². The van der Waals surface area contributed by atoms with Gasteiger partial charge in [-0.1, -0.05) is 77.5 Å². The highest BCUT2D eigenvalue weighted by Gasteiger charge is 2.60. The normalized spacial score (nSPS) is 15.1. The van der Waals surface area contributed by atoms with Gasteiger partial charge in [-0.25, -0.2) is 4.79 Å². The molecule has 0 aromatic rings. The van der Waals surface area contributed by atoms with Gasteiger partial charge in [0.05, 0.1) is 0 Å². The quantitative estimate of drug-likeness (QED) is 0.346. The van der Waals surface area contributed by atoms with Gasteiger partial charge in [0.15, 0.2) is 0 Å². The smallest absolute Gasteiger partial charge is 0.330 e. The lowest BCUT2D eigenvalue weighted by atomic mass is 10.2. The molecule has 6 heteroatoms. The van der Waals surface area contributed by atoms with Crippen LogP contribution in [0.4, 0.5) is 0 Å². The zero-order valence-corrected chi connectivity index (χ0v) is 20.6. The van der Waals surface area contributed by atoms with E-state index < -0.39 is 35.4 Å². The maximum atomic E-state index is 10.9. The first kappa shape index (κ1) is 22.1. The van der Waals surface area contributed by atoms with Crippen LogP contribution in [0.1, 0.15) is 19.8 Å². The average molecular weight is 375 g/mol. The van der Waals surface area contributed by atoms with E-state index in [2.05, 4.69) is 58.9 Å². The maximum Gasteiger partial charge on any atom is 0.330 e. The molecule has 1 N–H and O–H groups in total. The molecule has 0 aromatic carbocycles. The third-order valence-corrected chi connectivity index (χ3v) is 80.0. The van der Waals surface area contributed by atoms with Gasteiger partial charge >= 0.3 is 5.97 Å². The fourth-order valence-corrected chi connectivity index (χ4v) is 104. The van der Waals surface area contributed by atoms with Crippen molar-refractivity contribution in [1.82, 2.24) is 0 Å². The standard InChI is InChI=1S/C16H38O2Si4/c1-15(16(17)18)13-11-12-14-22(19(2,3)4,20(5,6)7)21(8,9)10/h13H,11-12,14H2,1-10H3,(H,17,18). The van der Waals surface area contributed by atoms with Crippen molar-refractivity contribution in [3.8, 4) is 0 Å². The molecule has 0 rings (SSSR count). The molecule has 0 spiro atoms. The second-order valence-electron chi connectivity index (χ2n) is 9.74. The third kappa shape index (κ3) is 4.79. The summed E-state index contributed by atoms with van der Waals surface area (Å²) in [5.74, 6) is -0.774. The van der Waals surface area contributed by atoms with Gasteiger partial charge in [0.1, 0.15) is 0 Å². The summed E-state index contributed by atoms with van der Waals surface area (Å²) in [4.78, 5) is 10.9. The number of hydrogen-bond acceptors (Lipinski definition) is 1. The van der Waals surface area contributed by atoms with Crippen LogP contribution in [0.2, 0.25) is 65.0 Å². The summed E-state index contributed by atoms with van der Waals surface area (Å²) in [6.07, 6.45) is 4.06. The van der Waals surface area contributed by atoms with Gasteiger partial charge in [0, 0.05) is 35.0 Å². The summed E-state index contributed by atoms with van der Waals surface area (Å²) in [5.41, 5.74) is 0.501. The molecular weight excluding hydrogens is 337 g/mol. The van der Waals surface area contributed by atoms with E-state index in [1.165, 1.54) is 12.5 Å². The minimum Gasteiger partial charge on any atom is -0.478 e. The van der Waals surface area contributed by atoms with Crippen molar-refractivity contribution in [2.24, 2.45) is 0 Å². The van der Waals surface area contributed by atoms with E-state index in [4.69, 9.17) is 5.11 Å². The highest BCUT2D eigenvalue weighted by Crippen LogP contribution is 2.41. The van der Waals surface area contributed by atoms with Crippen molar-refractivity contribution < 1.29 is 9.90 Å². The van der Waals surface area contributed by atoms with Gasteiger partial charge in [0.25, 0.3) is 0 Å². The minimum atomic E-state index is -1.26. The van der Waals surface area contributed by atoms with Crippen molar-refractivity contribution in [2.45, 2.75) is 84.7 Å². The molecule has 0 unspecified atom stereocenters. The predicted octanol–water partition coefficient (Wildman–Crippen LogP) is 5.50. The highest BCUT2D eigenvalue weighted by molar-refractivity contribution is 7.89. The summed E-state index contributed by atoms with van der Waals surface area (Å²) < 4.78 is 0. The third-order valence-electron chi connectivity index (χ3n) is 5.38. The Kier molecular flexibility index (Phi) is 7.34. The lowest BCUT2D eigenvalue weighted by Crippen LogP contribution is -2.82. The largest absolute Gasteiger partial charge is 0.478 e. The summed E-state index contributed by atoms with van der Waals surface area (Å²) in [7, 11) is -3.54.